The summed E-state index contributed by atoms with van der Waals surface area (Å²) < 4.78 is 0. The summed E-state index contributed by atoms with van der Waals surface area (Å²) in [6.45, 7) is 7.01. The van der Waals surface area contributed by atoms with Crippen LogP contribution in [0.25, 0.3) is 33.7 Å². The molecule has 1 saturated heterocycles. The number of rotatable bonds is 3. The van der Waals surface area contributed by atoms with E-state index in [4.69, 9.17) is 16.6 Å². The smallest absolute Gasteiger partial charge is 0.220 e. The van der Waals surface area contributed by atoms with Gasteiger partial charge in [-0.25, -0.2) is 9.97 Å². The average molecular weight is 454 g/mol. The third-order valence-electron chi connectivity index (χ3n) is 5.82. The molecular formula is C21H24ClN9O. The minimum Gasteiger partial charge on any atom is -0.352 e. The summed E-state index contributed by atoms with van der Waals surface area (Å²) in [7, 11) is 0. The van der Waals surface area contributed by atoms with E-state index in [9.17, 15) is 4.79 Å². The first kappa shape index (κ1) is 20.4. The van der Waals surface area contributed by atoms with E-state index >= 15 is 0 Å². The van der Waals surface area contributed by atoms with Crippen LogP contribution in [0.2, 0.25) is 5.02 Å². The summed E-state index contributed by atoms with van der Waals surface area (Å²) in [6, 6.07) is 5.83. The molecule has 4 aromatic rings. The van der Waals surface area contributed by atoms with Crippen LogP contribution in [0.4, 0.5) is 5.82 Å². The number of nitrogens with zero attached hydrogens (tertiary/aromatic N) is 7. The molecule has 32 heavy (non-hydrogen) atoms. The molecular weight excluding hydrogens is 430 g/mol. The largest absolute Gasteiger partial charge is 0.352 e. The van der Waals surface area contributed by atoms with Crippen molar-refractivity contribution >= 4 is 34.4 Å². The van der Waals surface area contributed by atoms with Gasteiger partial charge in [-0.05, 0) is 37.3 Å². The molecule has 166 valence electrons. The van der Waals surface area contributed by atoms with Crippen molar-refractivity contribution in [2.45, 2.75) is 32.9 Å². The first-order chi connectivity index (χ1) is 15.4. The lowest BCUT2D eigenvalue weighted by Gasteiger charge is -2.44. The van der Waals surface area contributed by atoms with Crippen molar-refractivity contribution < 1.29 is 6.22 Å². The zero-order valence-corrected chi connectivity index (χ0v) is 18.6. The Morgan fingerprint density at radius 3 is 2.69 bits per heavy atom. The monoisotopic (exact) mass is 453 g/mol. The number of hydrogen-bond donors (Lipinski definition) is 2. The van der Waals surface area contributed by atoms with Gasteiger partial charge in [-0.2, -0.15) is 5.21 Å². The molecule has 1 amide bonds. The van der Waals surface area contributed by atoms with E-state index in [1.807, 2.05) is 29.3 Å². The van der Waals surface area contributed by atoms with Gasteiger partial charge in [0.25, 0.3) is 0 Å². The normalized spacial score (nSPS) is 19.0. The fourth-order valence-electron chi connectivity index (χ4n) is 4.60. The van der Waals surface area contributed by atoms with E-state index in [2.05, 4.69) is 49.3 Å². The first-order valence-electron chi connectivity index (χ1n) is 10.3. The van der Waals surface area contributed by atoms with Gasteiger partial charge in [0.05, 0.1) is 16.3 Å². The Bertz CT molecular complexity index is 1280. The van der Waals surface area contributed by atoms with Crippen molar-refractivity contribution in [3.63, 3.8) is 0 Å². The van der Waals surface area contributed by atoms with Gasteiger partial charge in [-0.1, -0.05) is 11.6 Å². The molecule has 11 heteroatoms. The van der Waals surface area contributed by atoms with Gasteiger partial charge >= 0.3 is 0 Å². The molecule has 5 rings (SSSR count). The summed E-state index contributed by atoms with van der Waals surface area (Å²) in [5.41, 5.74) is 3.19. The minimum absolute atomic E-state index is 0. The van der Waals surface area contributed by atoms with Crippen molar-refractivity contribution in [1.82, 2.24) is 40.5 Å². The van der Waals surface area contributed by atoms with Gasteiger partial charge in [0, 0.05) is 56.9 Å². The molecule has 0 bridgehead atoms. The summed E-state index contributed by atoms with van der Waals surface area (Å²) in [5.74, 6) is 1.29. The van der Waals surface area contributed by atoms with Crippen LogP contribution in [0.15, 0.2) is 30.6 Å². The number of tetrazole rings is 1. The maximum Gasteiger partial charge on any atom is 0.220 e. The second-order valence-electron chi connectivity index (χ2n) is 8.08. The fraction of sp³-hybridized carbons (Fsp3) is 0.333. The Balaban J connectivity index is 0.00000259. The van der Waals surface area contributed by atoms with Crippen molar-refractivity contribution in [3.8, 4) is 22.6 Å². The lowest BCUT2D eigenvalue weighted by Crippen LogP contribution is -2.58. The maximum absolute atomic E-state index is 12.1. The predicted octanol–water partition coefficient (Wildman–Crippen LogP) is 3.15. The number of carbonyl (C=O) groups is 1. The number of anilines is 1. The number of pyridine rings is 2. The number of piperazine rings is 1. The summed E-state index contributed by atoms with van der Waals surface area (Å²) >= 11 is 6.19. The molecule has 4 aromatic heterocycles. The topological polar surface area (TPSA) is 120 Å². The highest BCUT2D eigenvalue weighted by Crippen LogP contribution is 2.34. The highest BCUT2D eigenvalue weighted by atomic mass is 35.5. The Morgan fingerprint density at radius 2 is 2.00 bits per heavy atom. The minimum atomic E-state index is 0. The third-order valence-corrected chi connectivity index (χ3v) is 6.02. The SMILES string of the molecule is CC(=O)N1[C@H](C)CN(c2nc(-c3c[nH]c4ncc(Cl)cc34)ccc2-c2nn[nH]n2)C[C@@H]1C.[HH]. The lowest BCUT2D eigenvalue weighted by molar-refractivity contribution is -0.133. The molecule has 0 aromatic carbocycles. The first-order valence-corrected chi connectivity index (χ1v) is 10.7. The number of aromatic nitrogens is 7. The van der Waals surface area contributed by atoms with Crippen LogP contribution in [0, 0.1) is 0 Å². The standard InChI is InChI=1S/C21H22ClN9O.H2/c1-11-9-30(10-12(2)31(11)13(3)32)21-15(20-26-28-29-27-20)4-5-18(25-21)17-8-24-19-16(17)6-14(22)7-23-19;/h4-8,11-12H,9-10H2,1-3H3,(H,23,24)(H,26,27,28,29);1H/t11-,12+;. The second-order valence-corrected chi connectivity index (χ2v) is 8.52. The Hall–Kier alpha value is -3.53. The number of aromatic amines is 2. The third kappa shape index (κ3) is 3.46. The molecule has 0 aliphatic carbocycles. The van der Waals surface area contributed by atoms with Crippen LogP contribution in [-0.2, 0) is 4.79 Å². The van der Waals surface area contributed by atoms with Crippen molar-refractivity contribution in [2.24, 2.45) is 0 Å². The van der Waals surface area contributed by atoms with Crippen molar-refractivity contribution in [3.05, 3.63) is 35.6 Å². The number of amides is 1. The number of halogens is 1. The van der Waals surface area contributed by atoms with E-state index in [1.165, 1.54) is 0 Å². The lowest BCUT2D eigenvalue weighted by atomic mass is 10.1. The summed E-state index contributed by atoms with van der Waals surface area (Å²) in [4.78, 5) is 28.8. The number of hydrogen-bond acceptors (Lipinski definition) is 7. The van der Waals surface area contributed by atoms with E-state index in [0.717, 1.165) is 33.7 Å². The van der Waals surface area contributed by atoms with Crippen molar-refractivity contribution in [1.29, 1.82) is 0 Å². The fourth-order valence-corrected chi connectivity index (χ4v) is 4.75. The van der Waals surface area contributed by atoms with Crippen molar-refractivity contribution in [2.75, 3.05) is 18.0 Å². The Morgan fingerprint density at radius 1 is 1.22 bits per heavy atom. The highest BCUT2D eigenvalue weighted by Gasteiger charge is 2.33. The zero-order chi connectivity index (χ0) is 22.4. The maximum atomic E-state index is 12.1. The number of fused-ring (bicyclic) bond motifs is 1. The molecule has 1 aliphatic rings. The second kappa shape index (κ2) is 7.86. The van der Waals surface area contributed by atoms with Gasteiger partial charge in [-0.15, -0.1) is 10.2 Å². The Labute approximate surface area is 190 Å². The van der Waals surface area contributed by atoms with Gasteiger partial charge < -0.3 is 14.8 Å². The van der Waals surface area contributed by atoms with Gasteiger partial charge in [-0.3, -0.25) is 4.79 Å². The highest BCUT2D eigenvalue weighted by molar-refractivity contribution is 6.31. The quantitative estimate of drug-likeness (QED) is 0.488. The zero-order valence-electron chi connectivity index (χ0n) is 17.9. The molecule has 10 nitrogen and oxygen atoms in total. The van der Waals surface area contributed by atoms with E-state index in [0.29, 0.717) is 23.9 Å². The molecule has 0 saturated carbocycles. The molecule has 1 aliphatic heterocycles. The summed E-state index contributed by atoms with van der Waals surface area (Å²) in [6.07, 6.45) is 3.49. The molecule has 2 atom stereocenters. The van der Waals surface area contributed by atoms with Crippen LogP contribution in [0.3, 0.4) is 0 Å². The molecule has 1 fully saturated rings. The predicted molar refractivity (Wildman–Crippen MR) is 123 cm³/mol. The number of nitrogens with one attached hydrogen (secondary N) is 2. The molecule has 0 spiro atoms. The van der Waals surface area contributed by atoms with Gasteiger partial charge in [0.15, 0.2) is 0 Å². The van der Waals surface area contributed by atoms with E-state index in [-0.39, 0.29) is 19.4 Å². The van der Waals surface area contributed by atoms with Gasteiger partial charge in [0.2, 0.25) is 11.7 Å². The van der Waals surface area contributed by atoms with Crippen LogP contribution in [0.1, 0.15) is 22.2 Å². The number of carbonyl (C=O) groups excluding carboxylic acids is 1. The molecule has 5 heterocycles. The average Bonchev–Trinajstić information content (AvgIpc) is 3.42. The Kier molecular flexibility index (Phi) is 5.01. The van der Waals surface area contributed by atoms with Crippen LogP contribution < -0.4 is 4.90 Å². The molecule has 0 radical (unpaired) electrons. The molecule has 2 N–H and O–H groups in total. The van der Waals surface area contributed by atoms with E-state index < -0.39 is 0 Å². The summed E-state index contributed by atoms with van der Waals surface area (Å²) in [5, 5.41) is 16.0. The van der Waals surface area contributed by atoms with Crippen LogP contribution >= 0.6 is 11.6 Å². The molecule has 0 unspecified atom stereocenters. The van der Waals surface area contributed by atoms with Gasteiger partial charge in [0.1, 0.15) is 11.5 Å². The number of H-pyrrole nitrogens is 2. The van der Waals surface area contributed by atoms with Crippen LogP contribution in [-0.4, -0.2) is 71.6 Å². The van der Waals surface area contributed by atoms with E-state index in [1.54, 1.807) is 13.1 Å². The van der Waals surface area contributed by atoms with Crippen LogP contribution in [0.5, 0.6) is 0 Å².